The third-order valence-corrected chi connectivity index (χ3v) is 12.0. The van der Waals surface area contributed by atoms with Crippen molar-refractivity contribution in [2.45, 2.75) is 38.5 Å². The molecule has 1 radical (unpaired) electrons. The quantitative estimate of drug-likeness (QED) is 0.166. The van der Waals surface area contributed by atoms with Crippen LogP contribution in [0.15, 0.2) is 122 Å². The summed E-state index contributed by atoms with van der Waals surface area (Å²) < 4.78 is 27.1. The molecule has 0 bridgehead atoms. The Hall–Kier alpha value is -4.25. The Labute approximate surface area is 312 Å². The molecular formula is C44H32IrN2S2-2. The molecule has 0 saturated heterocycles. The molecule has 5 aromatic carbocycles. The van der Waals surface area contributed by atoms with Crippen LogP contribution >= 0.6 is 22.7 Å². The molecular weight excluding hydrogens is 813 g/mol. The molecule has 10 rings (SSSR count). The van der Waals surface area contributed by atoms with Crippen LogP contribution in [0, 0.1) is 19.0 Å². The molecule has 0 N–H and O–H groups in total. The number of aryl methyl sites for hydroxylation is 1. The topological polar surface area (TPSA) is 25.8 Å². The monoisotopic (exact) mass is 848 g/mol. The Balaban J connectivity index is 0.000000193. The van der Waals surface area contributed by atoms with E-state index >= 15 is 0 Å². The van der Waals surface area contributed by atoms with Crippen molar-refractivity contribution in [3.05, 3.63) is 145 Å². The number of rotatable bonds is 3. The fraction of sp³-hybridized carbons (Fsp3) is 0.136. The van der Waals surface area contributed by atoms with E-state index in [1.54, 1.807) is 18.2 Å². The molecule has 0 spiro atoms. The van der Waals surface area contributed by atoms with Crippen LogP contribution in [-0.4, -0.2) is 9.97 Å². The molecule has 9 aromatic rings. The maximum absolute atomic E-state index is 7.23. The summed E-state index contributed by atoms with van der Waals surface area (Å²) in [5.41, 5.74) is 5.49. The molecule has 4 heterocycles. The van der Waals surface area contributed by atoms with Gasteiger partial charge in [-0.15, -0.1) is 71.0 Å². The summed E-state index contributed by atoms with van der Waals surface area (Å²) in [6.45, 7) is -2.09. The number of thiophene rings is 2. The van der Waals surface area contributed by atoms with Crippen LogP contribution < -0.4 is 0 Å². The van der Waals surface area contributed by atoms with Gasteiger partial charge in [0.1, 0.15) is 0 Å². The first-order valence-electron chi connectivity index (χ1n) is 17.9. The van der Waals surface area contributed by atoms with Gasteiger partial charge in [-0.2, -0.15) is 11.3 Å². The molecule has 2 nitrogen and oxygen atoms in total. The number of fused-ring (bicyclic) bond motifs is 9. The van der Waals surface area contributed by atoms with Gasteiger partial charge in [-0.05, 0) is 64.8 Å². The molecule has 1 fully saturated rings. The summed E-state index contributed by atoms with van der Waals surface area (Å²) in [5, 5.41) is 8.07. The van der Waals surface area contributed by atoms with E-state index in [2.05, 4.69) is 89.9 Å². The average Bonchev–Trinajstić information content (AvgIpc) is 3.93. The minimum Gasteiger partial charge on any atom is -0.305 e. The molecule has 241 valence electrons. The van der Waals surface area contributed by atoms with E-state index in [-0.39, 0.29) is 25.7 Å². The van der Waals surface area contributed by atoms with Crippen LogP contribution in [0.25, 0.3) is 73.6 Å². The van der Waals surface area contributed by atoms with Crippen molar-refractivity contribution >= 4 is 73.8 Å². The summed E-state index contributed by atoms with van der Waals surface area (Å²) >= 11 is 3.81. The van der Waals surface area contributed by atoms with Gasteiger partial charge < -0.3 is 9.97 Å². The van der Waals surface area contributed by atoms with Crippen LogP contribution in [0.3, 0.4) is 0 Å². The van der Waals surface area contributed by atoms with E-state index in [9.17, 15) is 0 Å². The van der Waals surface area contributed by atoms with E-state index in [1.807, 2.05) is 47.1 Å². The van der Waals surface area contributed by atoms with E-state index in [0.29, 0.717) is 5.92 Å². The second-order valence-corrected chi connectivity index (χ2v) is 14.5. The van der Waals surface area contributed by atoms with E-state index in [4.69, 9.17) is 9.10 Å². The number of hydrogen-bond donors (Lipinski definition) is 0. The van der Waals surface area contributed by atoms with Gasteiger partial charge in [0.25, 0.3) is 0 Å². The predicted octanol–water partition coefficient (Wildman–Crippen LogP) is 13.0. The number of nitrogens with zero attached hydrogens (tertiary/aromatic N) is 2. The van der Waals surface area contributed by atoms with Crippen LogP contribution in [-0.2, 0) is 20.1 Å². The molecule has 0 aliphatic heterocycles. The van der Waals surface area contributed by atoms with Crippen molar-refractivity contribution in [1.29, 1.82) is 0 Å². The van der Waals surface area contributed by atoms with Crippen molar-refractivity contribution in [3.63, 3.8) is 0 Å². The molecule has 0 amide bonds. The van der Waals surface area contributed by atoms with Crippen molar-refractivity contribution in [1.82, 2.24) is 9.97 Å². The zero-order chi connectivity index (χ0) is 34.5. The number of hydrogen-bond acceptors (Lipinski definition) is 4. The summed E-state index contributed by atoms with van der Waals surface area (Å²) in [6, 6.07) is 44.2. The first-order chi connectivity index (χ1) is 24.9. The Bertz CT molecular complexity index is 2690. The van der Waals surface area contributed by atoms with Gasteiger partial charge in [-0.25, -0.2) is 0 Å². The zero-order valence-electron chi connectivity index (χ0n) is 29.5. The molecule has 4 aromatic heterocycles. The van der Waals surface area contributed by atoms with Gasteiger partial charge in [0, 0.05) is 72.3 Å². The van der Waals surface area contributed by atoms with Crippen molar-refractivity contribution < 1.29 is 24.2 Å². The van der Waals surface area contributed by atoms with Crippen LogP contribution in [0.1, 0.15) is 46.8 Å². The van der Waals surface area contributed by atoms with Crippen LogP contribution in [0.5, 0.6) is 0 Å². The van der Waals surface area contributed by atoms with Crippen molar-refractivity contribution in [2.75, 3.05) is 0 Å². The largest absolute Gasteiger partial charge is 0.305 e. The van der Waals surface area contributed by atoms with Gasteiger partial charge in [0.05, 0.1) is 0 Å². The molecule has 0 atom stereocenters. The third-order valence-electron chi connectivity index (χ3n) is 9.55. The Kier molecular flexibility index (Phi) is 7.92. The minimum absolute atomic E-state index is 0. The molecule has 1 aliphatic carbocycles. The van der Waals surface area contributed by atoms with Gasteiger partial charge in [-0.1, -0.05) is 84.5 Å². The van der Waals surface area contributed by atoms with Crippen molar-refractivity contribution in [3.8, 4) is 22.5 Å². The summed E-state index contributed by atoms with van der Waals surface area (Å²) in [6.07, 6.45) is 8.69. The van der Waals surface area contributed by atoms with Gasteiger partial charge in [0.2, 0.25) is 0 Å². The Morgan fingerprint density at radius 2 is 1.39 bits per heavy atom. The second kappa shape index (κ2) is 13.6. The molecule has 1 saturated carbocycles. The Morgan fingerprint density at radius 1 is 0.653 bits per heavy atom. The summed E-state index contributed by atoms with van der Waals surface area (Å²) in [7, 11) is 0. The summed E-state index contributed by atoms with van der Waals surface area (Å²) in [5.74, 6) is 0.686. The van der Waals surface area contributed by atoms with Gasteiger partial charge in [0.15, 0.2) is 0 Å². The first kappa shape index (κ1) is 28.6. The number of aromatic nitrogens is 2. The molecule has 5 heteroatoms. The normalized spacial score (nSPS) is 14.4. The second-order valence-electron chi connectivity index (χ2n) is 12.4. The molecule has 49 heavy (non-hydrogen) atoms. The van der Waals surface area contributed by atoms with E-state index in [0.717, 1.165) is 22.5 Å². The van der Waals surface area contributed by atoms with Gasteiger partial charge in [-0.3, -0.25) is 0 Å². The van der Waals surface area contributed by atoms with Crippen LogP contribution in [0.2, 0.25) is 0 Å². The maximum Gasteiger partial charge on any atom is 0.0434 e. The van der Waals surface area contributed by atoms with E-state index in [1.165, 1.54) is 88.6 Å². The summed E-state index contributed by atoms with van der Waals surface area (Å²) in [4.78, 5) is 8.93. The number of benzene rings is 5. The standard InChI is InChI=1S/C32H22NS2.C12H10N.Ir/c1-2-7-19(6-1)20-16-17-33-28(18-20)27-10-5-9-22-24-14-15-25-26(31(24)35-32(22)27)13-12-23-21-8-3-4-11-29(21)34-30(23)25;1-10-7-8-12(13-9-10)11-5-3-2-4-6-11;/h3-5,8-9,11-19H,1-2,6-7H2;2-5,7-9H,1H3;/q2*-1;/i;1D3;. The molecule has 1 aliphatic rings. The minimum atomic E-state index is -2.09. The zero-order valence-corrected chi connectivity index (χ0v) is 30.5. The maximum atomic E-state index is 7.23. The Morgan fingerprint density at radius 3 is 2.12 bits per heavy atom. The fourth-order valence-corrected chi connectivity index (χ4v) is 9.74. The van der Waals surface area contributed by atoms with E-state index < -0.39 is 6.85 Å². The predicted molar refractivity (Wildman–Crippen MR) is 206 cm³/mol. The SMILES string of the molecule is [2H]C([2H])([2H])c1ccc(-c2[c-]cccc2)nc1.[Ir].[c-]1ccc2c(sc3c2ccc2c3ccc3c4ccccc4sc32)c1-c1cc(C2CCCC2)ccn1. The average molecular weight is 848 g/mol. The van der Waals surface area contributed by atoms with Gasteiger partial charge >= 0.3 is 0 Å². The smallest absolute Gasteiger partial charge is 0.0434 e. The van der Waals surface area contributed by atoms with Crippen LogP contribution in [0.4, 0.5) is 0 Å². The van der Waals surface area contributed by atoms with Crippen molar-refractivity contribution in [2.24, 2.45) is 0 Å². The first-order valence-corrected chi connectivity index (χ1v) is 18.1. The number of pyridine rings is 2. The third kappa shape index (κ3) is 5.89. The fourth-order valence-electron chi connectivity index (χ4n) is 7.18. The molecule has 0 unspecified atom stereocenters.